The largest absolute Gasteiger partial charge is 0.342 e. The quantitative estimate of drug-likeness (QED) is 0.852. The highest BCUT2D eigenvalue weighted by Crippen LogP contribution is 2.40. The summed E-state index contributed by atoms with van der Waals surface area (Å²) in [5.74, 6) is 2.76. The highest BCUT2D eigenvalue weighted by atomic mass is 16.7. The van der Waals surface area contributed by atoms with Crippen molar-refractivity contribution < 1.29 is 9.63 Å². The zero-order valence-electron chi connectivity index (χ0n) is 13.9. The van der Waals surface area contributed by atoms with Crippen molar-refractivity contribution >= 4 is 11.5 Å². The number of nitrogens with zero attached hydrogens (tertiary/aromatic N) is 1. The second-order valence-corrected chi connectivity index (χ2v) is 6.36. The highest BCUT2D eigenvalue weighted by Gasteiger charge is 2.46. The molecule has 120 valence electrons. The molecule has 0 unspecified atom stereocenters. The van der Waals surface area contributed by atoms with Crippen molar-refractivity contribution in [1.29, 1.82) is 0 Å². The van der Waals surface area contributed by atoms with Gasteiger partial charge in [0.1, 0.15) is 0 Å². The maximum absolute atomic E-state index is 12.7. The first-order chi connectivity index (χ1) is 11.0. The zero-order valence-corrected chi connectivity index (χ0v) is 13.9. The van der Waals surface area contributed by atoms with Crippen LogP contribution >= 0.6 is 0 Å². The first-order valence-corrected chi connectivity index (χ1v) is 7.91. The van der Waals surface area contributed by atoms with Crippen molar-refractivity contribution in [3.8, 4) is 12.3 Å². The van der Waals surface area contributed by atoms with Crippen LogP contribution in [0.5, 0.6) is 0 Å². The van der Waals surface area contributed by atoms with Crippen LogP contribution in [-0.4, -0.2) is 36.7 Å². The molecule has 1 N–H and O–H groups in total. The van der Waals surface area contributed by atoms with Gasteiger partial charge in [-0.25, -0.2) is 0 Å². The number of amides is 1. The smallest absolute Gasteiger partial charge is 0.253 e. The van der Waals surface area contributed by atoms with Gasteiger partial charge in [0.25, 0.3) is 5.91 Å². The Bertz CT molecular complexity index is 719. The number of hydrogen-bond donors (Lipinski definition) is 1. The molecule has 4 nitrogen and oxygen atoms in total. The molecule has 1 aromatic carbocycles. The van der Waals surface area contributed by atoms with Gasteiger partial charge in [-0.05, 0) is 37.8 Å². The minimum absolute atomic E-state index is 0.0579. The van der Waals surface area contributed by atoms with Gasteiger partial charge in [0, 0.05) is 18.7 Å². The lowest BCUT2D eigenvalue weighted by Crippen LogP contribution is -2.52. The number of terminal acetylenes is 1. The standard InChI is InChI=1S/C19H22N2O2/c1-5-16-17(15-12-13(2)6-7-14(15)3)18(22)20-19(16)8-10-21(23-4)11-9-19/h1,6-7,12H,8-11H2,2-4H3,(H,20,22). The van der Waals surface area contributed by atoms with Gasteiger partial charge in [-0.15, -0.1) is 6.42 Å². The lowest BCUT2D eigenvalue weighted by atomic mass is 9.80. The first kappa shape index (κ1) is 15.8. The van der Waals surface area contributed by atoms with E-state index in [2.05, 4.69) is 17.3 Å². The van der Waals surface area contributed by atoms with Gasteiger partial charge >= 0.3 is 0 Å². The number of nitrogens with one attached hydrogen (secondary N) is 1. The summed E-state index contributed by atoms with van der Waals surface area (Å²) >= 11 is 0. The van der Waals surface area contributed by atoms with Gasteiger partial charge in [0.05, 0.1) is 18.2 Å². The Morgan fingerprint density at radius 2 is 2.00 bits per heavy atom. The lowest BCUT2D eigenvalue weighted by Gasteiger charge is -2.38. The van der Waals surface area contributed by atoms with Crippen LogP contribution < -0.4 is 5.32 Å². The molecular weight excluding hydrogens is 288 g/mol. The van der Waals surface area contributed by atoms with E-state index in [4.69, 9.17) is 11.3 Å². The van der Waals surface area contributed by atoms with Crippen LogP contribution in [0.3, 0.4) is 0 Å². The van der Waals surface area contributed by atoms with Crippen molar-refractivity contribution in [1.82, 2.24) is 10.4 Å². The van der Waals surface area contributed by atoms with E-state index < -0.39 is 5.54 Å². The fourth-order valence-corrected chi connectivity index (χ4v) is 3.59. The number of hydroxylamine groups is 2. The molecule has 1 spiro atoms. The van der Waals surface area contributed by atoms with E-state index >= 15 is 0 Å². The minimum Gasteiger partial charge on any atom is -0.342 e. The second kappa shape index (κ2) is 5.84. The molecule has 2 heterocycles. The third-order valence-corrected chi connectivity index (χ3v) is 4.95. The molecule has 2 aliphatic heterocycles. The monoisotopic (exact) mass is 310 g/mol. The summed E-state index contributed by atoms with van der Waals surface area (Å²) in [7, 11) is 1.67. The Kier molecular flexibility index (Phi) is 4.01. The van der Waals surface area contributed by atoms with E-state index in [1.807, 2.05) is 31.0 Å². The molecule has 3 rings (SSSR count). The Morgan fingerprint density at radius 1 is 1.30 bits per heavy atom. The zero-order chi connectivity index (χ0) is 16.6. The predicted octanol–water partition coefficient (Wildman–Crippen LogP) is 2.22. The number of aryl methyl sites for hydroxylation is 2. The van der Waals surface area contributed by atoms with E-state index in [1.54, 1.807) is 7.11 Å². The van der Waals surface area contributed by atoms with Crippen molar-refractivity contribution in [3.05, 3.63) is 40.5 Å². The molecular formula is C19H22N2O2. The van der Waals surface area contributed by atoms with Gasteiger partial charge in [0.2, 0.25) is 0 Å². The summed E-state index contributed by atoms with van der Waals surface area (Å²) in [5, 5.41) is 5.08. The fourth-order valence-electron chi connectivity index (χ4n) is 3.59. The van der Waals surface area contributed by atoms with Crippen LogP contribution in [0.2, 0.25) is 0 Å². The van der Waals surface area contributed by atoms with Crippen LogP contribution in [0.25, 0.3) is 5.57 Å². The Hall–Kier alpha value is -2.09. The number of carbonyl (C=O) groups excluding carboxylic acids is 1. The molecule has 0 aromatic heterocycles. The summed E-state index contributed by atoms with van der Waals surface area (Å²) < 4.78 is 0. The van der Waals surface area contributed by atoms with Crippen LogP contribution in [0, 0.1) is 26.2 Å². The van der Waals surface area contributed by atoms with Crippen LogP contribution in [0.4, 0.5) is 0 Å². The van der Waals surface area contributed by atoms with E-state index in [0.717, 1.165) is 48.2 Å². The maximum atomic E-state index is 12.7. The SMILES string of the molecule is C#CC1=C(c2cc(C)ccc2C)C(=O)NC12CCN(OC)CC2. The van der Waals surface area contributed by atoms with Gasteiger partial charge in [-0.2, -0.15) is 5.06 Å². The highest BCUT2D eigenvalue weighted by molar-refractivity contribution is 6.25. The topological polar surface area (TPSA) is 41.6 Å². The Balaban J connectivity index is 2.08. The van der Waals surface area contributed by atoms with Gasteiger partial charge in [-0.1, -0.05) is 29.7 Å². The molecule has 2 aliphatic rings. The number of piperidine rings is 1. The second-order valence-electron chi connectivity index (χ2n) is 6.36. The fraction of sp³-hybridized carbons (Fsp3) is 0.421. The van der Waals surface area contributed by atoms with Crippen LogP contribution in [0.1, 0.15) is 29.5 Å². The van der Waals surface area contributed by atoms with Crippen molar-refractivity contribution in [2.45, 2.75) is 32.2 Å². The third-order valence-electron chi connectivity index (χ3n) is 4.95. The normalized spacial score (nSPS) is 20.7. The van der Waals surface area contributed by atoms with Crippen LogP contribution in [-0.2, 0) is 9.63 Å². The van der Waals surface area contributed by atoms with Gasteiger partial charge < -0.3 is 10.2 Å². The molecule has 1 fully saturated rings. The van der Waals surface area contributed by atoms with Crippen LogP contribution in [0.15, 0.2) is 23.8 Å². The molecule has 23 heavy (non-hydrogen) atoms. The molecule has 1 aromatic rings. The molecule has 0 radical (unpaired) electrons. The summed E-state index contributed by atoms with van der Waals surface area (Å²) in [6.07, 6.45) is 7.37. The first-order valence-electron chi connectivity index (χ1n) is 7.91. The third kappa shape index (κ3) is 2.56. The van der Waals surface area contributed by atoms with E-state index in [1.165, 1.54) is 0 Å². The minimum atomic E-state index is -0.424. The summed E-state index contributed by atoms with van der Waals surface area (Å²) in [6, 6.07) is 6.14. The van der Waals surface area contributed by atoms with E-state index in [0.29, 0.717) is 5.57 Å². The number of carbonyl (C=O) groups is 1. The van der Waals surface area contributed by atoms with E-state index in [-0.39, 0.29) is 5.91 Å². The average molecular weight is 310 g/mol. The van der Waals surface area contributed by atoms with E-state index in [9.17, 15) is 4.79 Å². The lowest BCUT2D eigenvalue weighted by molar-refractivity contribution is -0.150. The predicted molar refractivity (Wildman–Crippen MR) is 90.4 cm³/mol. The molecule has 4 heteroatoms. The van der Waals surface area contributed by atoms with Gasteiger partial charge in [-0.3, -0.25) is 4.79 Å². The molecule has 0 aliphatic carbocycles. The molecule has 0 saturated carbocycles. The average Bonchev–Trinajstić information content (AvgIpc) is 2.81. The molecule has 0 atom stereocenters. The van der Waals surface area contributed by atoms with Crippen molar-refractivity contribution in [3.63, 3.8) is 0 Å². The Morgan fingerprint density at radius 3 is 2.61 bits per heavy atom. The Labute approximate surface area is 137 Å². The number of hydrogen-bond acceptors (Lipinski definition) is 3. The molecule has 1 amide bonds. The molecule has 0 bridgehead atoms. The summed E-state index contributed by atoms with van der Waals surface area (Å²) in [5.41, 5.74) is 4.18. The van der Waals surface area contributed by atoms with Crippen molar-refractivity contribution in [2.75, 3.05) is 20.2 Å². The maximum Gasteiger partial charge on any atom is 0.253 e. The summed E-state index contributed by atoms with van der Waals surface area (Å²) in [6.45, 7) is 5.55. The number of benzene rings is 1. The summed E-state index contributed by atoms with van der Waals surface area (Å²) in [4.78, 5) is 18.0. The number of rotatable bonds is 2. The van der Waals surface area contributed by atoms with Gasteiger partial charge in [0.15, 0.2) is 0 Å². The molecule has 1 saturated heterocycles. The van der Waals surface area contributed by atoms with Crippen molar-refractivity contribution in [2.24, 2.45) is 0 Å².